The Bertz CT molecular complexity index is 1030. The second-order valence-electron chi connectivity index (χ2n) is 6.26. The van der Waals surface area contributed by atoms with Crippen molar-refractivity contribution >= 4 is 28.3 Å². The van der Waals surface area contributed by atoms with E-state index in [-0.39, 0.29) is 18.1 Å². The summed E-state index contributed by atoms with van der Waals surface area (Å²) in [5.41, 5.74) is 8.62. The highest BCUT2D eigenvalue weighted by Crippen LogP contribution is 2.28. The van der Waals surface area contributed by atoms with E-state index in [2.05, 4.69) is 15.4 Å². The average molecular weight is 385 g/mol. The normalized spacial score (nSPS) is 12.8. The molecule has 0 radical (unpaired) electrons. The molecule has 4 rings (SSSR count). The molecule has 2 heterocycles. The van der Waals surface area contributed by atoms with Gasteiger partial charge in [0.05, 0.1) is 17.8 Å². The number of nitrogens with zero attached hydrogens (tertiary/aromatic N) is 3. The van der Waals surface area contributed by atoms with Gasteiger partial charge in [-0.25, -0.2) is 14.1 Å². The number of fused-ring (bicyclic) bond motifs is 1. The Labute approximate surface area is 158 Å². The highest BCUT2D eigenvalue weighted by Gasteiger charge is 2.27. The molecule has 138 valence electrons. The first-order valence-corrected chi connectivity index (χ1v) is 9.30. The third-order valence-electron chi connectivity index (χ3n) is 4.34. The fraction of sp³-hybridized carbons (Fsp3) is 0.222. The Morgan fingerprint density at radius 1 is 1.26 bits per heavy atom. The van der Waals surface area contributed by atoms with Crippen molar-refractivity contribution in [3.8, 4) is 5.69 Å². The van der Waals surface area contributed by atoms with Crippen LogP contribution in [-0.2, 0) is 24.1 Å². The van der Waals surface area contributed by atoms with Crippen LogP contribution in [0.3, 0.4) is 0 Å². The maximum absolute atomic E-state index is 13.2. The van der Waals surface area contributed by atoms with Gasteiger partial charge >= 0.3 is 0 Å². The fourth-order valence-electron chi connectivity index (χ4n) is 3.20. The van der Waals surface area contributed by atoms with Gasteiger partial charge in [-0.15, -0.1) is 11.3 Å². The van der Waals surface area contributed by atoms with Crippen LogP contribution < -0.4 is 11.1 Å². The van der Waals surface area contributed by atoms with Crippen molar-refractivity contribution in [1.29, 1.82) is 0 Å². The van der Waals surface area contributed by atoms with Crippen molar-refractivity contribution in [1.82, 2.24) is 14.8 Å². The van der Waals surface area contributed by atoms with Crippen molar-refractivity contribution in [2.24, 2.45) is 5.73 Å². The number of thiazole rings is 1. The lowest BCUT2D eigenvalue weighted by Gasteiger charge is -2.05. The van der Waals surface area contributed by atoms with E-state index in [1.807, 2.05) is 0 Å². The highest BCUT2D eigenvalue weighted by molar-refractivity contribution is 7.14. The van der Waals surface area contributed by atoms with Crippen LogP contribution in [0.1, 0.15) is 33.9 Å². The van der Waals surface area contributed by atoms with Crippen LogP contribution in [0.15, 0.2) is 29.6 Å². The van der Waals surface area contributed by atoms with Crippen LogP contribution in [0.4, 0.5) is 9.52 Å². The minimum atomic E-state index is -0.478. The lowest BCUT2D eigenvalue weighted by Crippen LogP contribution is -2.16. The number of anilines is 1. The third-order valence-corrected chi connectivity index (χ3v) is 5.15. The maximum Gasteiger partial charge on any atom is 0.278 e. The summed E-state index contributed by atoms with van der Waals surface area (Å²) in [6.07, 6.45) is 2.55. The Hall–Kier alpha value is -3.07. The van der Waals surface area contributed by atoms with Gasteiger partial charge in [0.2, 0.25) is 5.91 Å². The molecule has 3 N–H and O–H groups in total. The molecule has 3 aromatic rings. The zero-order valence-electron chi connectivity index (χ0n) is 14.2. The molecular weight excluding hydrogens is 369 g/mol. The predicted octanol–water partition coefficient (Wildman–Crippen LogP) is 2.24. The maximum atomic E-state index is 13.2. The monoisotopic (exact) mass is 385 g/mol. The standard InChI is InChI=1S/C18H16FN5O2S/c19-10-4-6-12(7-5-10)24-14-3-1-2-13(14)16(23-24)17(26)22-18-21-11(9-27-18)8-15(20)25/h4-7,9H,1-3,8H2,(H2,20,25)(H,21,22,26). The molecule has 1 aliphatic carbocycles. The number of hydrogen-bond donors (Lipinski definition) is 2. The van der Waals surface area contributed by atoms with Gasteiger partial charge in [-0.05, 0) is 43.5 Å². The number of amides is 2. The van der Waals surface area contributed by atoms with Crippen LogP contribution >= 0.6 is 11.3 Å². The van der Waals surface area contributed by atoms with Crippen LogP contribution in [0.2, 0.25) is 0 Å². The Morgan fingerprint density at radius 3 is 2.78 bits per heavy atom. The van der Waals surface area contributed by atoms with E-state index in [0.717, 1.165) is 30.5 Å². The molecule has 7 nitrogen and oxygen atoms in total. The number of benzene rings is 1. The van der Waals surface area contributed by atoms with Crippen molar-refractivity contribution < 1.29 is 14.0 Å². The molecule has 0 spiro atoms. The molecule has 0 bridgehead atoms. The number of nitrogens with two attached hydrogens (primary N) is 1. The average Bonchev–Trinajstić information content (AvgIpc) is 3.32. The van der Waals surface area contributed by atoms with Gasteiger partial charge in [0.1, 0.15) is 5.82 Å². The molecule has 27 heavy (non-hydrogen) atoms. The quantitative estimate of drug-likeness (QED) is 0.703. The Balaban J connectivity index is 1.61. The Kier molecular flexibility index (Phi) is 4.44. The summed E-state index contributed by atoms with van der Waals surface area (Å²) < 4.78 is 14.9. The molecule has 0 aliphatic heterocycles. The molecule has 0 unspecified atom stereocenters. The summed E-state index contributed by atoms with van der Waals surface area (Å²) in [6.45, 7) is 0. The summed E-state index contributed by atoms with van der Waals surface area (Å²) in [6, 6.07) is 6.01. The number of hydrogen-bond acceptors (Lipinski definition) is 5. The SMILES string of the molecule is NC(=O)Cc1csc(NC(=O)c2nn(-c3ccc(F)cc3)c3c2CCC3)n1. The zero-order chi connectivity index (χ0) is 19.0. The van der Waals surface area contributed by atoms with E-state index in [1.165, 1.54) is 23.5 Å². The van der Waals surface area contributed by atoms with Crippen molar-refractivity contribution in [3.63, 3.8) is 0 Å². The number of rotatable bonds is 5. The molecular formula is C18H16FN5O2S. The van der Waals surface area contributed by atoms with Crippen LogP contribution in [0, 0.1) is 5.82 Å². The smallest absolute Gasteiger partial charge is 0.278 e. The first kappa shape index (κ1) is 17.3. The molecule has 1 aliphatic rings. The molecule has 0 fully saturated rings. The molecule has 0 saturated heterocycles. The molecule has 2 amide bonds. The summed E-state index contributed by atoms with van der Waals surface area (Å²) in [7, 11) is 0. The highest BCUT2D eigenvalue weighted by atomic mass is 32.1. The van der Waals surface area contributed by atoms with E-state index >= 15 is 0 Å². The van der Waals surface area contributed by atoms with E-state index in [0.29, 0.717) is 22.2 Å². The largest absolute Gasteiger partial charge is 0.369 e. The van der Waals surface area contributed by atoms with Crippen molar-refractivity contribution in [3.05, 3.63) is 58.1 Å². The number of aromatic nitrogens is 3. The van der Waals surface area contributed by atoms with Gasteiger partial charge in [-0.3, -0.25) is 14.9 Å². The first-order chi connectivity index (χ1) is 13.0. The zero-order valence-corrected chi connectivity index (χ0v) is 15.1. The summed E-state index contributed by atoms with van der Waals surface area (Å²) in [5.74, 6) is -1.15. The first-order valence-electron chi connectivity index (χ1n) is 8.42. The van der Waals surface area contributed by atoms with E-state index < -0.39 is 5.91 Å². The number of primary amides is 1. The van der Waals surface area contributed by atoms with E-state index in [1.54, 1.807) is 22.2 Å². The minimum Gasteiger partial charge on any atom is -0.369 e. The molecule has 9 heteroatoms. The van der Waals surface area contributed by atoms with Crippen molar-refractivity contribution in [2.75, 3.05) is 5.32 Å². The van der Waals surface area contributed by atoms with Gasteiger partial charge in [-0.1, -0.05) is 0 Å². The molecule has 1 aromatic carbocycles. The summed E-state index contributed by atoms with van der Waals surface area (Å²) in [5, 5.41) is 9.27. The van der Waals surface area contributed by atoms with Gasteiger partial charge in [0, 0.05) is 16.6 Å². The lowest BCUT2D eigenvalue weighted by atomic mass is 10.2. The van der Waals surface area contributed by atoms with Crippen LogP contribution in [0.5, 0.6) is 0 Å². The number of halogens is 1. The Morgan fingerprint density at radius 2 is 2.04 bits per heavy atom. The van der Waals surface area contributed by atoms with Gasteiger partial charge in [0.15, 0.2) is 10.8 Å². The molecule has 2 aromatic heterocycles. The fourth-order valence-corrected chi connectivity index (χ4v) is 3.90. The molecule has 0 saturated carbocycles. The second-order valence-corrected chi connectivity index (χ2v) is 7.11. The van der Waals surface area contributed by atoms with Crippen molar-refractivity contribution in [2.45, 2.75) is 25.7 Å². The molecule has 0 atom stereocenters. The summed E-state index contributed by atoms with van der Waals surface area (Å²) in [4.78, 5) is 27.9. The van der Waals surface area contributed by atoms with Crippen LogP contribution in [0.25, 0.3) is 5.69 Å². The lowest BCUT2D eigenvalue weighted by molar-refractivity contribution is -0.117. The van der Waals surface area contributed by atoms with Crippen LogP contribution in [-0.4, -0.2) is 26.6 Å². The van der Waals surface area contributed by atoms with Gasteiger partial charge in [0.25, 0.3) is 5.91 Å². The number of carbonyl (C=O) groups is 2. The number of carbonyl (C=O) groups excluding carboxylic acids is 2. The predicted molar refractivity (Wildman–Crippen MR) is 98.5 cm³/mol. The number of nitrogens with one attached hydrogen (secondary N) is 1. The van der Waals surface area contributed by atoms with Gasteiger partial charge in [-0.2, -0.15) is 5.10 Å². The minimum absolute atomic E-state index is 0.0287. The second kappa shape index (κ2) is 6.92. The van der Waals surface area contributed by atoms with Gasteiger partial charge < -0.3 is 5.73 Å². The van der Waals surface area contributed by atoms with E-state index in [4.69, 9.17) is 5.73 Å². The van der Waals surface area contributed by atoms with E-state index in [9.17, 15) is 14.0 Å². The third kappa shape index (κ3) is 3.45. The topological polar surface area (TPSA) is 103 Å². The summed E-state index contributed by atoms with van der Waals surface area (Å²) >= 11 is 1.23.